The smallest absolute Gasteiger partial charge is 0.410 e. The fourth-order valence-corrected chi connectivity index (χ4v) is 4.20. The van der Waals surface area contributed by atoms with Gasteiger partial charge in [-0.05, 0) is 52.5 Å². The van der Waals surface area contributed by atoms with Crippen molar-refractivity contribution in [2.24, 2.45) is 5.92 Å². The first-order chi connectivity index (χ1) is 11.1. The molecule has 1 aliphatic heterocycles. The maximum Gasteiger partial charge on any atom is 0.410 e. The van der Waals surface area contributed by atoms with Crippen LogP contribution in [-0.4, -0.2) is 53.8 Å². The fourth-order valence-electron chi connectivity index (χ4n) is 2.65. The fraction of sp³-hybridized carbons (Fsp3) is 0.688. The molecular weight excluding hydrogens is 330 g/mol. The topological polar surface area (TPSA) is 89.5 Å². The van der Waals surface area contributed by atoms with Gasteiger partial charge in [-0.2, -0.15) is 0 Å². The monoisotopic (exact) mass is 355 g/mol. The highest BCUT2D eigenvalue weighted by atomic mass is 32.2. The van der Waals surface area contributed by atoms with Crippen molar-refractivity contribution >= 4 is 15.9 Å². The summed E-state index contributed by atoms with van der Waals surface area (Å²) in [6.07, 6.45) is 2.57. The van der Waals surface area contributed by atoms with E-state index in [-0.39, 0.29) is 16.8 Å². The van der Waals surface area contributed by atoms with Gasteiger partial charge in [0, 0.05) is 25.0 Å². The van der Waals surface area contributed by atoms with Crippen molar-refractivity contribution in [2.75, 3.05) is 18.8 Å². The Balaban J connectivity index is 2.03. The van der Waals surface area contributed by atoms with E-state index in [2.05, 4.69) is 9.97 Å². The van der Waals surface area contributed by atoms with Crippen LogP contribution in [0.5, 0.6) is 0 Å². The Kier molecular flexibility index (Phi) is 5.47. The zero-order chi connectivity index (χ0) is 18.0. The minimum Gasteiger partial charge on any atom is -0.444 e. The van der Waals surface area contributed by atoms with Crippen LogP contribution < -0.4 is 0 Å². The second-order valence-electron chi connectivity index (χ2n) is 7.20. The van der Waals surface area contributed by atoms with Gasteiger partial charge >= 0.3 is 6.09 Å². The van der Waals surface area contributed by atoms with Crippen LogP contribution >= 0.6 is 0 Å². The molecule has 1 aromatic rings. The maximum absolute atomic E-state index is 12.5. The number of carbonyl (C=O) groups is 1. The van der Waals surface area contributed by atoms with E-state index >= 15 is 0 Å². The third kappa shape index (κ3) is 5.15. The number of rotatable bonds is 3. The molecule has 1 aliphatic rings. The first-order valence-corrected chi connectivity index (χ1v) is 9.72. The van der Waals surface area contributed by atoms with Crippen LogP contribution in [0.4, 0.5) is 4.79 Å². The third-order valence-electron chi connectivity index (χ3n) is 3.68. The molecule has 1 atom stereocenters. The van der Waals surface area contributed by atoms with Crippen molar-refractivity contribution in [1.82, 2.24) is 14.9 Å². The average molecular weight is 355 g/mol. The zero-order valence-corrected chi connectivity index (χ0v) is 15.5. The second kappa shape index (κ2) is 7.04. The molecule has 0 unspecified atom stereocenters. The van der Waals surface area contributed by atoms with Crippen LogP contribution in [0, 0.1) is 12.8 Å². The first kappa shape index (κ1) is 18.6. The molecule has 8 heteroatoms. The Morgan fingerprint density at radius 1 is 1.42 bits per heavy atom. The van der Waals surface area contributed by atoms with Crippen LogP contribution in [0.25, 0.3) is 0 Å². The SMILES string of the molecule is Cc1ccnc(S(=O)(=O)C[C@@H]2CCCN(C(=O)OC(C)(C)C)C2)n1. The molecule has 0 aliphatic carbocycles. The normalized spacial score (nSPS) is 19.2. The van der Waals surface area contributed by atoms with E-state index in [1.807, 2.05) is 20.8 Å². The molecule has 2 rings (SSSR count). The number of sulfone groups is 1. The molecule has 0 saturated carbocycles. The van der Waals surface area contributed by atoms with Gasteiger partial charge in [-0.3, -0.25) is 0 Å². The van der Waals surface area contributed by atoms with E-state index < -0.39 is 21.5 Å². The number of amides is 1. The van der Waals surface area contributed by atoms with Crippen LogP contribution in [0.3, 0.4) is 0 Å². The molecular formula is C16H25N3O4S. The Labute approximate surface area is 143 Å². The van der Waals surface area contributed by atoms with Gasteiger partial charge in [-0.15, -0.1) is 0 Å². The number of hydrogen-bond donors (Lipinski definition) is 0. The van der Waals surface area contributed by atoms with Crippen molar-refractivity contribution in [2.45, 2.75) is 51.3 Å². The van der Waals surface area contributed by atoms with Crippen LogP contribution in [0.1, 0.15) is 39.3 Å². The highest BCUT2D eigenvalue weighted by Crippen LogP contribution is 2.22. The quantitative estimate of drug-likeness (QED) is 0.772. The van der Waals surface area contributed by atoms with E-state index in [9.17, 15) is 13.2 Å². The average Bonchev–Trinajstić information content (AvgIpc) is 2.45. The molecule has 1 saturated heterocycles. The van der Waals surface area contributed by atoms with Crippen molar-refractivity contribution in [3.63, 3.8) is 0 Å². The number of nitrogens with zero attached hydrogens (tertiary/aromatic N) is 3. The summed E-state index contributed by atoms with van der Waals surface area (Å²) >= 11 is 0. The molecule has 0 spiro atoms. The van der Waals surface area contributed by atoms with E-state index in [0.717, 1.165) is 12.8 Å². The van der Waals surface area contributed by atoms with Gasteiger partial charge in [0.05, 0.1) is 5.75 Å². The number of aromatic nitrogens is 2. The number of hydrogen-bond acceptors (Lipinski definition) is 6. The van der Waals surface area contributed by atoms with E-state index in [4.69, 9.17) is 4.74 Å². The largest absolute Gasteiger partial charge is 0.444 e. The Bertz CT molecular complexity index is 698. The van der Waals surface area contributed by atoms with Gasteiger partial charge in [0.15, 0.2) is 0 Å². The van der Waals surface area contributed by atoms with Gasteiger partial charge in [0.1, 0.15) is 5.60 Å². The van der Waals surface area contributed by atoms with Gasteiger partial charge in [0.25, 0.3) is 0 Å². The molecule has 24 heavy (non-hydrogen) atoms. The van der Waals surface area contributed by atoms with Gasteiger partial charge in [-0.25, -0.2) is 23.2 Å². The molecule has 0 N–H and O–H groups in total. The van der Waals surface area contributed by atoms with Crippen LogP contribution in [0.15, 0.2) is 17.4 Å². The first-order valence-electron chi connectivity index (χ1n) is 8.07. The molecule has 1 fully saturated rings. The predicted octanol–water partition coefficient (Wildman–Crippen LogP) is 2.21. The highest BCUT2D eigenvalue weighted by molar-refractivity contribution is 7.91. The lowest BCUT2D eigenvalue weighted by molar-refractivity contribution is 0.0176. The van der Waals surface area contributed by atoms with E-state index in [1.165, 1.54) is 6.20 Å². The molecule has 2 heterocycles. The lowest BCUT2D eigenvalue weighted by Gasteiger charge is -2.33. The van der Waals surface area contributed by atoms with Crippen molar-refractivity contribution in [3.05, 3.63) is 18.0 Å². The Morgan fingerprint density at radius 2 is 2.12 bits per heavy atom. The second-order valence-corrected chi connectivity index (χ2v) is 9.12. The van der Waals surface area contributed by atoms with Crippen LogP contribution in [0.2, 0.25) is 0 Å². The van der Waals surface area contributed by atoms with E-state index in [1.54, 1.807) is 17.9 Å². The summed E-state index contributed by atoms with van der Waals surface area (Å²) in [6.45, 7) is 8.13. The lowest BCUT2D eigenvalue weighted by Crippen LogP contribution is -2.44. The summed E-state index contributed by atoms with van der Waals surface area (Å²) in [6, 6.07) is 1.66. The molecule has 0 aromatic carbocycles. The summed E-state index contributed by atoms with van der Waals surface area (Å²) in [5, 5.41) is -0.142. The molecule has 7 nitrogen and oxygen atoms in total. The van der Waals surface area contributed by atoms with Crippen molar-refractivity contribution in [3.8, 4) is 0 Å². The summed E-state index contributed by atoms with van der Waals surface area (Å²) in [5.41, 5.74) is 0.0495. The summed E-state index contributed by atoms with van der Waals surface area (Å²) in [7, 11) is -3.57. The number of aryl methyl sites for hydroxylation is 1. The molecule has 1 aromatic heterocycles. The molecule has 0 radical (unpaired) electrons. The highest BCUT2D eigenvalue weighted by Gasteiger charge is 2.31. The number of piperidine rings is 1. The van der Waals surface area contributed by atoms with E-state index in [0.29, 0.717) is 18.8 Å². The molecule has 0 bridgehead atoms. The zero-order valence-electron chi connectivity index (χ0n) is 14.7. The molecule has 1 amide bonds. The van der Waals surface area contributed by atoms with Gasteiger partial charge in [-0.1, -0.05) is 0 Å². The third-order valence-corrected chi connectivity index (χ3v) is 5.34. The van der Waals surface area contributed by atoms with Crippen molar-refractivity contribution in [1.29, 1.82) is 0 Å². The Hall–Kier alpha value is -1.70. The van der Waals surface area contributed by atoms with Crippen LogP contribution in [-0.2, 0) is 14.6 Å². The standard InChI is InChI=1S/C16H25N3O4S/c1-12-7-8-17-14(18-12)24(21,22)11-13-6-5-9-19(10-13)15(20)23-16(2,3)4/h7-8,13H,5-6,9-11H2,1-4H3/t13-/m1/s1. The molecule has 134 valence electrons. The lowest BCUT2D eigenvalue weighted by atomic mass is 10.0. The number of likely N-dealkylation sites (tertiary alicyclic amines) is 1. The van der Waals surface area contributed by atoms with Gasteiger partial charge < -0.3 is 9.64 Å². The maximum atomic E-state index is 12.5. The predicted molar refractivity (Wildman–Crippen MR) is 89.4 cm³/mol. The summed E-state index contributed by atoms with van der Waals surface area (Å²) < 4.78 is 30.4. The minimum absolute atomic E-state index is 0.0598. The number of carbonyl (C=O) groups excluding carboxylic acids is 1. The van der Waals surface area contributed by atoms with Gasteiger partial charge in [0.2, 0.25) is 15.0 Å². The van der Waals surface area contributed by atoms with Crippen molar-refractivity contribution < 1.29 is 17.9 Å². The summed E-state index contributed by atoms with van der Waals surface area (Å²) in [4.78, 5) is 21.6. The Morgan fingerprint density at radius 3 is 2.75 bits per heavy atom. The summed E-state index contributed by atoms with van der Waals surface area (Å²) in [5.74, 6) is -0.198. The number of ether oxygens (including phenoxy) is 1. The minimum atomic E-state index is -3.57.